The van der Waals surface area contributed by atoms with Gasteiger partial charge in [-0.1, -0.05) is 45.4 Å². The van der Waals surface area contributed by atoms with Crippen LogP contribution >= 0.6 is 0 Å². The van der Waals surface area contributed by atoms with Crippen LogP contribution in [0.2, 0.25) is 0 Å². The summed E-state index contributed by atoms with van der Waals surface area (Å²) in [6, 6.07) is -0.0275. The molecule has 4 nitrogen and oxygen atoms in total. The minimum absolute atomic E-state index is 0.0275. The minimum Gasteiger partial charge on any atom is -0.327 e. The maximum absolute atomic E-state index is 6.24. The van der Waals surface area contributed by atoms with Gasteiger partial charge in [-0.05, 0) is 34.1 Å². The average Bonchev–Trinajstić information content (AvgIpc) is 2.46. The standard InChI is InChI=1S/C18H39NO3/c1-6-10-11-12-13-14-15-17(16(5)19)18(20-7-2,21-8-3)22-9-4/h16-17H,6-15,19H2,1-5H3. The van der Waals surface area contributed by atoms with Crippen molar-refractivity contribution in [1.29, 1.82) is 0 Å². The predicted molar refractivity (Wildman–Crippen MR) is 92.7 cm³/mol. The Bertz CT molecular complexity index is 229. The second-order valence-corrected chi connectivity index (χ2v) is 5.92. The molecule has 2 unspecified atom stereocenters. The first kappa shape index (κ1) is 21.8. The van der Waals surface area contributed by atoms with Crippen LogP contribution in [0.4, 0.5) is 0 Å². The SMILES string of the molecule is CCCCCCCCC(C(C)N)C(OCC)(OCC)OCC. The van der Waals surface area contributed by atoms with Crippen molar-refractivity contribution in [1.82, 2.24) is 0 Å². The smallest absolute Gasteiger partial charge is 0.287 e. The molecule has 0 fully saturated rings. The number of rotatable bonds is 15. The molecular formula is C18H39NO3. The van der Waals surface area contributed by atoms with Crippen LogP contribution in [0.3, 0.4) is 0 Å². The molecule has 0 bridgehead atoms. The third kappa shape index (κ3) is 7.91. The lowest BCUT2D eigenvalue weighted by atomic mass is 9.91. The van der Waals surface area contributed by atoms with Crippen molar-refractivity contribution in [3.63, 3.8) is 0 Å². The Morgan fingerprint density at radius 2 is 1.23 bits per heavy atom. The van der Waals surface area contributed by atoms with Gasteiger partial charge in [0.2, 0.25) is 0 Å². The molecule has 0 aliphatic heterocycles. The predicted octanol–water partition coefficient (Wildman–Crippen LogP) is 4.46. The topological polar surface area (TPSA) is 53.7 Å². The number of nitrogens with two attached hydrogens (primary N) is 1. The van der Waals surface area contributed by atoms with E-state index in [4.69, 9.17) is 19.9 Å². The van der Waals surface area contributed by atoms with Crippen LogP contribution in [-0.4, -0.2) is 31.8 Å². The maximum Gasteiger partial charge on any atom is 0.287 e. The van der Waals surface area contributed by atoms with Gasteiger partial charge in [0, 0.05) is 25.9 Å². The first-order valence-corrected chi connectivity index (χ1v) is 9.25. The molecule has 0 saturated carbocycles. The number of ether oxygens (including phenoxy) is 3. The van der Waals surface area contributed by atoms with E-state index in [0.717, 1.165) is 12.8 Å². The summed E-state index contributed by atoms with van der Waals surface area (Å²) in [5.74, 6) is -0.936. The molecule has 0 aromatic heterocycles. The Morgan fingerprint density at radius 3 is 1.64 bits per heavy atom. The van der Waals surface area contributed by atoms with Crippen molar-refractivity contribution >= 4 is 0 Å². The molecule has 0 amide bonds. The summed E-state index contributed by atoms with van der Waals surface area (Å²) in [6.07, 6.45) is 8.59. The lowest BCUT2D eigenvalue weighted by Gasteiger charge is -2.40. The summed E-state index contributed by atoms with van der Waals surface area (Å²) < 4.78 is 17.7. The van der Waals surface area contributed by atoms with E-state index in [-0.39, 0.29) is 12.0 Å². The van der Waals surface area contributed by atoms with Crippen molar-refractivity contribution in [2.45, 2.75) is 91.6 Å². The van der Waals surface area contributed by atoms with Gasteiger partial charge in [0.15, 0.2) is 0 Å². The van der Waals surface area contributed by atoms with Gasteiger partial charge in [-0.3, -0.25) is 0 Å². The molecule has 0 rings (SSSR count). The summed E-state index contributed by atoms with van der Waals surface area (Å²) in [5.41, 5.74) is 6.24. The Kier molecular flexibility index (Phi) is 13.2. The molecule has 0 aliphatic carbocycles. The maximum atomic E-state index is 6.24. The van der Waals surface area contributed by atoms with Gasteiger partial charge in [0.1, 0.15) is 0 Å². The molecule has 0 aromatic carbocycles. The van der Waals surface area contributed by atoms with Crippen molar-refractivity contribution in [2.75, 3.05) is 19.8 Å². The molecule has 4 heteroatoms. The fraction of sp³-hybridized carbons (Fsp3) is 1.00. The molecule has 22 heavy (non-hydrogen) atoms. The molecular weight excluding hydrogens is 278 g/mol. The Hall–Kier alpha value is -0.160. The van der Waals surface area contributed by atoms with E-state index in [1.807, 2.05) is 27.7 Å². The number of unbranched alkanes of at least 4 members (excludes halogenated alkanes) is 5. The van der Waals surface area contributed by atoms with Gasteiger partial charge in [-0.25, -0.2) is 0 Å². The monoisotopic (exact) mass is 317 g/mol. The fourth-order valence-corrected chi connectivity index (χ4v) is 2.96. The molecule has 0 heterocycles. The molecule has 0 spiro atoms. The first-order chi connectivity index (χ1) is 10.6. The zero-order chi connectivity index (χ0) is 16.8. The molecule has 0 aromatic rings. The zero-order valence-corrected chi connectivity index (χ0v) is 15.5. The highest BCUT2D eigenvalue weighted by atomic mass is 16.9. The van der Waals surface area contributed by atoms with Gasteiger partial charge in [0.25, 0.3) is 5.97 Å². The first-order valence-electron chi connectivity index (χ1n) is 9.25. The van der Waals surface area contributed by atoms with Crippen LogP contribution in [0.1, 0.15) is 79.6 Å². The van der Waals surface area contributed by atoms with Gasteiger partial charge < -0.3 is 19.9 Å². The van der Waals surface area contributed by atoms with Crippen molar-refractivity contribution in [2.24, 2.45) is 11.7 Å². The van der Waals surface area contributed by atoms with Crippen LogP contribution in [0.5, 0.6) is 0 Å². The lowest BCUT2D eigenvalue weighted by molar-refractivity contribution is -0.404. The number of hydrogen-bond acceptors (Lipinski definition) is 4. The van der Waals surface area contributed by atoms with Crippen molar-refractivity contribution < 1.29 is 14.2 Å². The van der Waals surface area contributed by atoms with E-state index in [1.54, 1.807) is 0 Å². The van der Waals surface area contributed by atoms with Crippen molar-refractivity contribution in [3.8, 4) is 0 Å². The molecule has 2 N–H and O–H groups in total. The minimum atomic E-state index is -0.990. The van der Waals surface area contributed by atoms with Crippen molar-refractivity contribution in [3.05, 3.63) is 0 Å². The summed E-state index contributed by atoms with van der Waals surface area (Å²) in [4.78, 5) is 0. The third-order valence-electron chi connectivity index (χ3n) is 3.99. The van der Waals surface area contributed by atoms with E-state index in [2.05, 4.69) is 6.92 Å². The quantitative estimate of drug-likeness (QED) is 0.358. The number of hydrogen-bond donors (Lipinski definition) is 1. The summed E-state index contributed by atoms with van der Waals surface area (Å²) in [6.45, 7) is 11.8. The summed E-state index contributed by atoms with van der Waals surface area (Å²) >= 11 is 0. The molecule has 0 aliphatic rings. The van der Waals surface area contributed by atoms with E-state index in [9.17, 15) is 0 Å². The highest BCUT2D eigenvalue weighted by Gasteiger charge is 2.43. The molecule has 0 saturated heterocycles. The summed E-state index contributed by atoms with van der Waals surface area (Å²) in [5, 5.41) is 0. The Morgan fingerprint density at radius 1 is 0.773 bits per heavy atom. The highest BCUT2D eigenvalue weighted by molar-refractivity contribution is 4.79. The van der Waals surface area contributed by atoms with Crippen LogP contribution in [-0.2, 0) is 14.2 Å². The second-order valence-electron chi connectivity index (χ2n) is 5.92. The zero-order valence-electron chi connectivity index (χ0n) is 15.5. The summed E-state index contributed by atoms with van der Waals surface area (Å²) in [7, 11) is 0. The molecule has 134 valence electrons. The normalized spacial score (nSPS) is 15.0. The van der Waals surface area contributed by atoms with Crippen LogP contribution < -0.4 is 5.73 Å². The van der Waals surface area contributed by atoms with Crippen LogP contribution in [0, 0.1) is 5.92 Å². The van der Waals surface area contributed by atoms with E-state index >= 15 is 0 Å². The average molecular weight is 318 g/mol. The van der Waals surface area contributed by atoms with Gasteiger partial charge in [-0.2, -0.15) is 0 Å². The van der Waals surface area contributed by atoms with Crippen LogP contribution in [0.25, 0.3) is 0 Å². The van der Waals surface area contributed by atoms with Gasteiger partial charge in [-0.15, -0.1) is 0 Å². The van der Waals surface area contributed by atoms with Gasteiger partial charge in [0.05, 0.1) is 5.92 Å². The van der Waals surface area contributed by atoms with E-state index in [0.29, 0.717) is 19.8 Å². The fourth-order valence-electron chi connectivity index (χ4n) is 2.96. The lowest BCUT2D eigenvalue weighted by Crippen LogP contribution is -2.52. The third-order valence-corrected chi connectivity index (χ3v) is 3.99. The molecule has 2 atom stereocenters. The van der Waals surface area contributed by atoms with Crippen LogP contribution in [0.15, 0.2) is 0 Å². The molecule has 0 radical (unpaired) electrons. The Labute approximate surface area is 138 Å². The highest BCUT2D eigenvalue weighted by Crippen LogP contribution is 2.32. The van der Waals surface area contributed by atoms with Gasteiger partial charge >= 0.3 is 0 Å². The largest absolute Gasteiger partial charge is 0.327 e. The van der Waals surface area contributed by atoms with E-state index < -0.39 is 5.97 Å². The Balaban J connectivity index is 4.67. The van der Waals surface area contributed by atoms with E-state index in [1.165, 1.54) is 32.1 Å². The second kappa shape index (κ2) is 13.3.